The molecule has 0 aliphatic rings. The summed E-state index contributed by atoms with van der Waals surface area (Å²) in [5.74, 6) is -0.838. The van der Waals surface area contributed by atoms with Gasteiger partial charge in [-0.1, -0.05) is 24.3 Å². The third kappa shape index (κ3) is 3.79. The van der Waals surface area contributed by atoms with E-state index in [1.54, 1.807) is 50.2 Å². The summed E-state index contributed by atoms with van der Waals surface area (Å²) in [4.78, 5) is 22.4. The summed E-state index contributed by atoms with van der Waals surface area (Å²) in [6, 6.07) is 11.5. The van der Waals surface area contributed by atoms with Gasteiger partial charge >= 0.3 is 5.97 Å². The first kappa shape index (κ1) is 15.9. The van der Waals surface area contributed by atoms with Crippen molar-refractivity contribution in [3.63, 3.8) is 0 Å². The van der Waals surface area contributed by atoms with E-state index in [-0.39, 0.29) is 12.5 Å². The molecule has 2 aromatic carbocycles. The van der Waals surface area contributed by atoms with Gasteiger partial charge in [0.2, 0.25) is 0 Å². The Bertz CT molecular complexity index is 692. The molecule has 0 unspecified atom stereocenters. The number of rotatable bonds is 5. The fraction of sp³-hybridized carbons (Fsp3) is 0.222. The Labute approximate surface area is 128 Å². The molecule has 0 aliphatic heterocycles. The SMILES string of the molecule is CC(C)OC(=O)c1cccc(-c2ccc(CC=O)c(F)c2)c1. The Hall–Kier alpha value is -2.49. The van der Waals surface area contributed by atoms with Crippen LogP contribution in [0, 0.1) is 5.82 Å². The zero-order valence-corrected chi connectivity index (χ0v) is 12.5. The van der Waals surface area contributed by atoms with Gasteiger partial charge in [-0.25, -0.2) is 9.18 Å². The third-order valence-corrected chi connectivity index (χ3v) is 3.13. The highest BCUT2D eigenvalue weighted by Crippen LogP contribution is 2.23. The molecule has 3 nitrogen and oxygen atoms in total. The minimum Gasteiger partial charge on any atom is -0.459 e. The average Bonchev–Trinajstić information content (AvgIpc) is 2.49. The second-order valence-electron chi connectivity index (χ2n) is 5.21. The number of hydrogen-bond acceptors (Lipinski definition) is 3. The standard InChI is InChI=1S/C18H17FO3/c1-12(2)22-18(21)16-5-3-4-14(10-16)15-7-6-13(8-9-20)17(19)11-15/h3-7,9-12H,8H2,1-2H3. The first-order valence-corrected chi connectivity index (χ1v) is 7.04. The Balaban J connectivity index is 2.31. The molecular weight excluding hydrogens is 283 g/mol. The molecular formula is C18H17FO3. The van der Waals surface area contributed by atoms with Crippen LogP contribution in [0.25, 0.3) is 11.1 Å². The van der Waals surface area contributed by atoms with Crippen LogP contribution in [0.15, 0.2) is 42.5 Å². The van der Waals surface area contributed by atoms with E-state index in [4.69, 9.17) is 4.74 Å². The molecule has 0 saturated heterocycles. The summed E-state index contributed by atoms with van der Waals surface area (Å²) >= 11 is 0. The van der Waals surface area contributed by atoms with Crippen molar-refractivity contribution in [3.05, 3.63) is 59.4 Å². The fourth-order valence-corrected chi connectivity index (χ4v) is 2.09. The summed E-state index contributed by atoms with van der Waals surface area (Å²) in [7, 11) is 0. The predicted octanol–water partition coefficient (Wildman–Crippen LogP) is 3.80. The Morgan fingerprint density at radius 3 is 2.55 bits per heavy atom. The average molecular weight is 300 g/mol. The molecule has 0 aromatic heterocycles. The van der Waals surface area contributed by atoms with Crippen LogP contribution in [0.1, 0.15) is 29.8 Å². The van der Waals surface area contributed by atoms with Crippen LogP contribution in [0.5, 0.6) is 0 Å². The van der Waals surface area contributed by atoms with Crippen LogP contribution in [0.3, 0.4) is 0 Å². The van der Waals surface area contributed by atoms with E-state index >= 15 is 0 Å². The molecule has 0 radical (unpaired) electrons. The minimum absolute atomic E-state index is 0.0485. The van der Waals surface area contributed by atoms with Crippen molar-refractivity contribution in [2.75, 3.05) is 0 Å². The highest BCUT2D eigenvalue weighted by molar-refractivity contribution is 5.91. The second kappa shape index (κ2) is 6.98. The van der Waals surface area contributed by atoms with E-state index in [1.807, 2.05) is 0 Å². The van der Waals surface area contributed by atoms with Gasteiger partial charge in [0, 0.05) is 6.42 Å². The Kier molecular flexibility index (Phi) is 5.04. The van der Waals surface area contributed by atoms with Gasteiger partial charge in [0.1, 0.15) is 12.1 Å². The number of esters is 1. The van der Waals surface area contributed by atoms with Gasteiger partial charge in [-0.2, -0.15) is 0 Å². The van der Waals surface area contributed by atoms with E-state index in [0.29, 0.717) is 23.0 Å². The van der Waals surface area contributed by atoms with Gasteiger partial charge in [-0.3, -0.25) is 0 Å². The van der Waals surface area contributed by atoms with E-state index in [0.717, 1.165) is 5.56 Å². The maximum absolute atomic E-state index is 13.9. The number of ether oxygens (including phenoxy) is 1. The number of halogens is 1. The van der Waals surface area contributed by atoms with Crippen LogP contribution in [-0.4, -0.2) is 18.4 Å². The summed E-state index contributed by atoms with van der Waals surface area (Å²) in [6.07, 6.45) is 0.518. The van der Waals surface area contributed by atoms with Crippen molar-refractivity contribution < 1.29 is 18.7 Å². The lowest BCUT2D eigenvalue weighted by atomic mass is 10.0. The maximum Gasteiger partial charge on any atom is 0.338 e. The van der Waals surface area contributed by atoms with Crippen LogP contribution in [-0.2, 0) is 16.0 Å². The van der Waals surface area contributed by atoms with Crippen LogP contribution < -0.4 is 0 Å². The summed E-state index contributed by atoms with van der Waals surface area (Å²) in [5.41, 5.74) is 2.14. The molecule has 0 spiro atoms. The van der Waals surface area contributed by atoms with Crippen LogP contribution in [0.2, 0.25) is 0 Å². The minimum atomic E-state index is -0.431. The molecule has 114 valence electrons. The lowest BCUT2D eigenvalue weighted by Crippen LogP contribution is -2.11. The van der Waals surface area contributed by atoms with Crippen molar-refractivity contribution in [2.24, 2.45) is 0 Å². The third-order valence-electron chi connectivity index (χ3n) is 3.13. The molecule has 0 N–H and O–H groups in total. The monoisotopic (exact) mass is 300 g/mol. The predicted molar refractivity (Wildman–Crippen MR) is 82.2 cm³/mol. The molecule has 4 heteroatoms. The van der Waals surface area contributed by atoms with Gasteiger partial charge in [-0.15, -0.1) is 0 Å². The van der Waals surface area contributed by atoms with Gasteiger partial charge in [0.15, 0.2) is 0 Å². The first-order chi connectivity index (χ1) is 10.5. The number of carbonyl (C=O) groups is 2. The lowest BCUT2D eigenvalue weighted by molar-refractivity contribution is -0.107. The van der Waals surface area contributed by atoms with Crippen LogP contribution in [0.4, 0.5) is 4.39 Å². The van der Waals surface area contributed by atoms with E-state index in [2.05, 4.69) is 0 Å². The molecule has 0 aliphatic carbocycles. The van der Waals surface area contributed by atoms with E-state index in [1.165, 1.54) is 6.07 Å². The van der Waals surface area contributed by atoms with Crippen molar-refractivity contribution in [1.82, 2.24) is 0 Å². The van der Waals surface area contributed by atoms with E-state index < -0.39 is 11.8 Å². The molecule has 22 heavy (non-hydrogen) atoms. The zero-order valence-electron chi connectivity index (χ0n) is 12.5. The van der Waals surface area contributed by atoms with Gasteiger partial charge in [-0.05, 0) is 48.7 Å². The van der Waals surface area contributed by atoms with Crippen LogP contribution >= 0.6 is 0 Å². The van der Waals surface area contributed by atoms with Crippen molar-refractivity contribution in [3.8, 4) is 11.1 Å². The smallest absolute Gasteiger partial charge is 0.338 e. The van der Waals surface area contributed by atoms with Gasteiger partial charge < -0.3 is 9.53 Å². The molecule has 2 aromatic rings. The molecule has 0 bridgehead atoms. The highest BCUT2D eigenvalue weighted by Gasteiger charge is 2.11. The highest BCUT2D eigenvalue weighted by atomic mass is 19.1. The van der Waals surface area contributed by atoms with Gasteiger partial charge in [0.05, 0.1) is 11.7 Å². The quantitative estimate of drug-likeness (QED) is 0.623. The summed E-state index contributed by atoms with van der Waals surface area (Å²) < 4.78 is 19.1. The normalized spacial score (nSPS) is 10.5. The Morgan fingerprint density at radius 1 is 1.18 bits per heavy atom. The number of benzene rings is 2. The number of hydrogen-bond donors (Lipinski definition) is 0. The van der Waals surface area contributed by atoms with E-state index in [9.17, 15) is 14.0 Å². The maximum atomic E-state index is 13.9. The Morgan fingerprint density at radius 2 is 1.91 bits per heavy atom. The topological polar surface area (TPSA) is 43.4 Å². The number of carbonyl (C=O) groups excluding carboxylic acids is 2. The van der Waals surface area contributed by atoms with Crippen molar-refractivity contribution in [1.29, 1.82) is 0 Å². The van der Waals surface area contributed by atoms with Crippen molar-refractivity contribution in [2.45, 2.75) is 26.4 Å². The lowest BCUT2D eigenvalue weighted by Gasteiger charge is -2.09. The summed E-state index contributed by atoms with van der Waals surface area (Å²) in [6.45, 7) is 3.56. The molecule has 0 heterocycles. The molecule has 0 fully saturated rings. The largest absolute Gasteiger partial charge is 0.459 e. The van der Waals surface area contributed by atoms with Crippen molar-refractivity contribution >= 4 is 12.3 Å². The molecule has 0 amide bonds. The van der Waals surface area contributed by atoms with Gasteiger partial charge in [0.25, 0.3) is 0 Å². The molecule has 2 rings (SSSR count). The first-order valence-electron chi connectivity index (χ1n) is 7.04. The molecule has 0 saturated carbocycles. The fourth-order valence-electron chi connectivity index (χ4n) is 2.09. The second-order valence-corrected chi connectivity index (χ2v) is 5.21. The zero-order chi connectivity index (χ0) is 16.1. The number of aldehydes is 1. The summed E-state index contributed by atoms with van der Waals surface area (Å²) in [5, 5.41) is 0. The molecule has 0 atom stereocenters.